The number of aliphatic imine (C=N–C) groups is 1. The van der Waals surface area contributed by atoms with Gasteiger partial charge in [0.05, 0.1) is 13.7 Å². The van der Waals surface area contributed by atoms with Crippen molar-refractivity contribution in [1.29, 1.82) is 0 Å². The maximum absolute atomic E-state index is 5.65. The highest BCUT2D eigenvalue weighted by Gasteiger charge is 2.31. The van der Waals surface area contributed by atoms with Gasteiger partial charge in [0.15, 0.2) is 17.5 Å². The highest BCUT2D eigenvalue weighted by molar-refractivity contribution is 14.0. The van der Waals surface area contributed by atoms with Gasteiger partial charge in [-0.1, -0.05) is 6.07 Å². The highest BCUT2D eigenvalue weighted by atomic mass is 127. The summed E-state index contributed by atoms with van der Waals surface area (Å²) in [7, 11) is 3.49. The van der Waals surface area contributed by atoms with Crippen molar-refractivity contribution in [2.45, 2.75) is 51.2 Å². The molecule has 1 aromatic rings. The molecule has 6 nitrogen and oxygen atoms in total. The van der Waals surface area contributed by atoms with Crippen LogP contribution in [-0.2, 0) is 6.54 Å². The molecule has 152 valence electrons. The van der Waals surface area contributed by atoms with Gasteiger partial charge in [-0.3, -0.25) is 4.99 Å². The lowest BCUT2D eigenvalue weighted by Gasteiger charge is -2.33. The molecule has 0 spiro atoms. The molecule has 3 rings (SSSR count). The smallest absolute Gasteiger partial charge is 0.191 e. The maximum Gasteiger partial charge on any atom is 0.191 e. The minimum atomic E-state index is 0. The van der Waals surface area contributed by atoms with Crippen LogP contribution < -0.4 is 20.1 Å². The van der Waals surface area contributed by atoms with Crippen LogP contribution in [0.1, 0.15) is 38.2 Å². The van der Waals surface area contributed by atoms with Crippen LogP contribution in [0.25, 0.3) is 0 Å². The van der Waals surface area contributed by atoms with Crippen molar-refractivity contribution in [1.82, 2.24) is 15.5 Å². The Morgan fingerprint density at radius 1 is 1.19 bits per heavy atom. The van der Waals surface area contributed by atoms with Crippen LogP contribution in [0, 0.1) is 0 Å². The van der Waals surface area contributed by atoms with Gasteiger partial charge in [-0.25, -0.2) is 0 Å². The Labute approximate surface area is 180 Å². The molecule has 0 amide bonds. The van der Waals surface area contributed by atoms with Crippen LogP contribution in [0.15, 0.2) is 23.2 Å². The topological polar surface area (TPSA) is 58.1 Å². The molecule has 1 aliphatic heterocycles. The number of rotatable bonds is 7. The Bertz CT molecular complexity index is 614. The quantitative estimate of drug-likeness (QED) is 0.351. The fourth-order valence-corrected chi connectivity index (χ4v) is 3.52. The number of guanidine groups is 1. The van der Waals surface area contributed by atoms with Crippen molar-refractivity contribution in [2.24, 2.45) is 4.99 Å². The number of likely N-dealkylation sites (tertiary alicyclic amines) is 1. The summed E-state index contributed by atoms with van der Waals surface area (Å²) in [6.07, 6.45) is 5.17. The molecule has 2 aliphatic rings. The Balaban J connectivity index is 0.00000261. The minimum absolute atomic E-state index is 0. The summed E-state index contributed by atoms with van der Waals surface area (Å²) < 4.78 is 11.0. The molecule has 0 atom stereocenters. The van der Waals surface area contributed by atoms with Crippen LogP contribution >= 0.6 is 24.0 Å². The van der Waals surface area contributed by atoms with E-state index in [0.717, 1.165) is 29.1 Å². The van der Waals surface area contributed by atoms with E-state index in [9.17, 15) is 0 Å². The molecular formula is C20H33IN4O2. The first kappa shape index (κ1) is 22.1. The van der Waals surface area contributed by atoms with E-state index in [1.807, 2.05) is 26.1 Å². The Kier molecular flexibility index (Phi) is 8.95. The second kappa shape index (κ2) is 10.9. The number of piperidine rings is 1. The van der Waals surface area contributed by atoms with Gasteiger partial charge in [-0.15, -0.1) is 24.0 Å². The standard InChI is InChI=1S/C20H32N4O2.HI/c1-4-26-19-13-15(5-8-18(19)25-3)14-22-20(21-2)23-16-9-11-24(12-10-16)17-6-7-17;/h5,8,13,16-17H,4,6-7,9-12,14H2,1-3H3,(H2,21,22,23);1H. The summed E-state index contributed by atoms with van der Waals surface area (Å²) in [6, 6.07) is 7.41. The van der Waals surface area contributed by atoms with Gasteiger partial charge in [0.1, 0.15) is 0 Å². The second-order valence-electron chi connectivity index (χ2n) is 7.03. The van der Waals surface area contributed by atoms with Crippen molar-refractivity contribution in [3.8, 4) is 11.5 Å². The second-order valence-corrected chi connectivity index (χ2v) is 7.03. The zero-order valence-corrected chi connectivity index (χ0v) is 19.0. The number of halogens is 1. The number of methoxy groups -OCH3 is 1. The summed E-state index contributed by atoms with van der Waals surface area (Å²) in [5.41, 5.74) is 1.14. The van der Waals surface area contributed by atoms with Gasteiger partial charge >= 0.3 is 0 Å². The Morgan fingerprint density at radius 2 is 1.93 bits per heavy atom. The van der Waals surface area contributed by atoms with Gasteiger partial charge in [0.25, 0.3) is 0 Å². The monoisotopic (exact) mass is 488 g/mol. The molecule has 1 heterocycles. The van der Waals surface area contributed by atoms with Crippen molar-refractivity contribution in [2.75, 3.05) is 33.9 Å². The lowest BCUT2D eigenvalue weighted by Crippen LogP contribution is -2.48. The van der Waals surface area contributed by atoms with Crippen molar-refractivity contribution < 1.29 is 9.47 Å². The molecule has 0 radical (unpaired) electrons. The lowest BCUT2D eigenvalue weighted by atomic mass is 10.1. The largest absolute Gasteiger partial charge is 0.493 e. The third kappa shape index (κ3) is 6.41. The fraction of sp³-hybridized carbons (Fsp3) is 0.650. The van der Waals surface area contributed by atoms with E-state index < -0.39 is 0 Å². The van der Waals surface area contributed by atoms with Crippen LogP contribution in [-0.4, -0.2) is 56.8 Å². The number of hydrogen-bond donors (Lipinski definition) is 2. The molecule has 27 heavy (non-hydrogen) atoms. The summed E-state index contributed by atoms with van der Waals surface area (Å²) in [4.78, 5) is 7.02. The summed E-state index contributed by atoms with van der Waals surface area (Å²) >= 11 is 0. The highest BCUT2D eigenvalue weighted by Crippen LogP contribution is 2.29. The molecule has 0 unspecified atom stereocenters. The number of nitrogens with one attached hydrogen (secondary N) is 2. The maximum atomic E-state index is 5.65. The van der Waals surface area contributed by atoms with E-state index in [1.165, 1.54) is 38.8 Å². The first-order valence-electron chi connectivity index (χ1n) is 9.74. The van der Waals surface area contributed by atoms with Crippen molar-refractivity contribution >= 4 is 29.9 Å². The van der Waals surface area contributed by atoms with Crippen LogP contribution in [0.5, 0.6) is 11.5 Å². The van der Waals surface area contributed by atoms with E-state index >= 15 is 0 Å². The predicted octanol–water partition coefficient (Wildman–Crippen LogP) is 3.00. The van der Waals surface area contributed by atoms with Crippen LogP contribution in [0.4, 0.5) is 0 Å². The normalized spacial score (nSPS) is 18.6. The van der Waals surface area contributed by atoms with Crippen molar-refractivity contribution in [3.63, 3.8) is 0 Å². The molecule has 0 bridgehead atoms. The summed E-state index contributed by atoms with van der Waals surface area (Å²) in [5.74, 6) is 2.41. The number of ether oxygens (including phenoxy) is 2. The zero-order chi connectivity index (χ0) is 18.4. The molecule has 2 N–H and O–H groups in total. The fourth-order valence-electron chi connectivity index (χ4n) is 3.52. The summed E-state index contributed by atoms with van der Waals surface area (Å²) in [5, 5.41) is 6.99. The van der Waals surface area contributed by atoms with Crippen molar-refractivity contribution in [3.05, 3.63) is 23.8 Å². The molecule has 1 aromatic carbocycles. The van der Waals surface area contributed by atoms with Gasteiger partial charge in [-0.05, 0) is 50.3 Å². The zero-order valence-electron chi connectivity index (χ0n) is 16.7. The van der Waals surface area contributed by atoms with E-state index in [0.29, 0.717) is 19.2 Å². The Morgan fingerprint density at radius 3 is 2.52 bits per heavy atom. The van der Waals surface area contributed by atoms with Crippen LogP contribution in [0.3, 0.4) is 0 Å². The molecule has 0 aromatic heterocycles. The third-order valence-electron chi connectivity index (χ3n) is 5.15. The van der Waals surface area contributed by atoms with E-state index in [4.69, 9.17) is 9.47 Å². The van der Waals surface area contributed by atoms with Gasteiger partial charge in [0, 0.05) is 38.8 Å². The number of nitrogens with zero attached hydrogens (tertiary/aromatic N) is 2. The molecular weight excluding hydrogens is 455 g/mol. The van der Waals surface area contributed by atoms with E-state index in [1.54, 1.807) is 7.11 Å². The summed E-state index contributed by atoms with van der Waals surface area (Å²) in [6.45, 7) is 5.70. The first-order valence-corrected chi connectivity index (χ1v) is 9.74. The number of benzene rings is 1. The SMILES string of the molecule is CCOc1cc(CNC(=NC)NC2CCN(C3CC3)CC2)ccc1OC.I. The predicted molar refractivity (Wildman–Crippen MR) is 121 cm³/mol. The average Bonchev–Trinajstić information content (AvgIpc) is 3.51. The molecule has 7 heteroatoms. The molecule has 2 fully saturated rings. The lowest BCUT2D eigenvalue weighted by molar-refractivity contribution is 0.197. The minimum Gasteiger partial charge on any atom is -0.493 e. The first-order chi connectivity index (χ1) is 12.7. The van der Waals surface area contributed by atoms with Gasteiger partial charge in [0.2, 0.25) is 0 Å². The Hall–Kier alpha value is -1.22. The number of hydrogen-bond acceptors (Lipinski definition) is 4. The van der Waals surface area contributed by atoms with Crippen LogP contribution in [0.2, 0.25) is 0 Å². The van der Waals surface area contributed by atoms with Gasteiger partial charge in [-0.2, -0.15) is 0 Å². The molecule has 1 saturated heterocycles. The molecule has 1 saturated carbocycles. The van der Waals surface area contributed by atoms with Gasteiger partial charge < -0.3 is 25.0 Å². The van der Waals surface area contributed by atoms with E-state index in [-0.39, 0.29) is 24.0 Å². The molecule has 1 aliphatic carbocycles. The average molecular weight is 488 g/mol. The van der Waals surface area contributed by atoms with E-state index in [2.05, 4.69) is 26.6 Å². The third-order valence-corrected chi connectivity index (χ3v) is 5.15.